The predicted molar refractivity (Wildman–Crippen MR) is 152 cm³/mol. The molecule has 206 valence electrons. The van der Waals surface area contributed by atoms with Crippen LogP contribution in [-0.4, -0.2) is 45.0 Å². The number of rotatable bonds is 13. The van der Waals surface area contributed by atoms with Crippen molar-refractivity contribution in [2.75, 3.05) is 32.2 Å². The molecule has 0 fully saturated rings. The summed E-state index contributed by atoms with van der Waals surface area (Å²) in [5.41, 5.74) is 5.09. The lowest BCUT2D eigenvalue weighted by Crippen LogP contribution is -2.20. The minimum absolute atomic E-state index is 0.216. The lowest BCUT2D eigenvalue weighted by Gasteiger charge is -2.13. The number of hydrazone groups is 1. The lowest BCUT2D eigenvalue weighted by molar-refractivity contribution is -0.118. The molecule has 0 aliphatic heterocycles. The molecule has 0 aliphatic carbocycles. The first-order chi connectivity index (χ1) is 18.8. The molecule has 0 aromatic heterocycles. The highest BCUT2D eigenvalue weighted by Gasteiger charge is 2.15. The van der Waals surface area contributed by atoms with Crippen LogP contribution >= 0.6 is 11.6 Å². The maximum absolute atomic E-state index is 12.6. The van der Waals surface area contributed by atoms with Crippen molar-refractivity contribution in [3.05, 3.63) is 76.3 Å². The molecule has 0 spiro atoms. The Kier molecular flexibility index (Phi) is 11.0. The van der Waals surface area contributed by atoms with Gasteiger partial charge in [0.15, 0.2) is 29.6 Å². The van der Waals surface area contributed by atoms with Crippen LogP contribution in [0.5, 0.6) is 23.0 Å². The molecule has 0 aliphatic rings. The van der Waals surface area contributed by atoms with Gasteiger partial charge in [-0.2, -0.15) is 5.10 Å². The fraction of sp³-hybridized carbons (Fsp3) is 0.276. The fourth-order valence-electron chi connectivity index (χ4n) is 3.49. The standard InChI is InChI=1S/C29H32ClN3O6/c1-5-12-38-24-11-10-21(16-25(24)37-6-2)29(35)33-31-17-20-14-23(30)28(26(15-20)36-4)39-18-27(34)32-22-9-7-8-19(3)13-22/h7-11,13-17H,5-6,12,18H2,1-4H3,(H,32,34)(H,33,35)/b31-17+. The van der Waals surface area contributed by atoms with Crippen molar-refractivity contribution < 1.29 is 28.5 Å². The third-order valence-electron chi connectivity index (χ3n) is 5.25. The first kappa shape index (κ1) is 29.3. The second kappa shape index (κ2) is 14.6. The summed E-state index contributed by atoms with van der Waals surface area (Å²) in [5, 5.41) is 7.01. The molecule has 3 aromatic carbocycles. The average Bonchev–Trinajstić information content (AvgIpc) is 2.91. The van der Waals surface area contributed by atoms with Crippen molar-refractivity contribution in [1.82, 2.24) is 5.43 Å². The Bertz CT molecular complexity index is 1330. The van der Waals surface area contributed by atoms with Crippen molar-refractivity contribution in [2.24, 2.45) is 5.10 Å². The number of hydrogen-bond acceptors (Lipinski definition) is 7. The molecule has 2 N–H and O–H groups in total. The Morgan fingerprint density at radius 1 is 0.974 bits per heavy atom. The topological polar surface area (TPSA) is 107 Å². The van der Waals surface area contributed by atoms with E-state index in [-0.39, 0.29) is 23.3 Å². The summed E-state index contributed by atoms with van der Waals surface area (Å²) in [6.07, 6.45) is 2.27. The summed E-state index contributed by atoms with van der Waals surface area (Å²) in [7, 11) is 1.46. The number of hydrogen-bond donors (Lipinski definition) is 2. The van der Waals surface area contributed by atoms with Gasteiger partial charge < -0.3 is 24.3 Å². The van der Waals surface area contributed by atoms with Gasteiger partial charge in [-0.05, 0) is 73.9 Å². The zero-order valence-corrected chi connectivity index (χ0v) is 23.1. The highest BCUT2D eigenvalue weighted by molar-refractivity contribution is 6.32. The van der Waals surface area contributed by atoms with Crippen molar-refractivity contribution in [1.29, 1.82) is 0 Å². The second-order valence-corrected chi connectivity index (χ2v) is 8.79. The molecule has 3 aromatic rings. The zero-order chi connectivity index (χ0) is 28.2. The van der Waals surface area contributed by atoms with E-state index in [0.717, 1.165) is 12.0 Å². The van der Waals surface area contributed by atoms with E-state index >= 15 is 0 Å². The van der Waals surface area contributed by atoms with E-state index in [2.05, 4.69) is 15.8 Å². The quantitative estimate of drug-likeness (QED) is 0.210. The summed E-state index contributed by atoms with van der Waals surface area (Å²) >= 11 is 6.40. The molecule has 0 radical (unpaired) electrons. The van der Waals surface area contributed by atoms with E-state index in [1.165, 1.54) is 13.3 Å². The maximum Gasteiger partial charge on any atom is 0.271 e. The third kappa shape index (κ3) is 8.65. The molecule has 2 amide bonds. The van der Waals surface area contributed by atoms with Crippen LogP contribution in [0.25, 0.3) is 0 Å². The Balaban J connectivity index is 1.63. The monoisotopic (exact) mass is 553 g/mol. The van der Waals surface area contributed by atoms with Gasteiger partial charge in [0.25, 0.3) is 11.8 Å². The smallest absolute Gasteiger partial charge is 0.271 e. The van der Waals surface area contributed by atoms with E-state index in [1.54, 1.807) is 36.4 Å². The van der Waals surface area contributed by atoms with Crippen molar-refractivity contribution in [3.8, 4) is 23.0 Å². The van der Waals surface area contributed by atoms with Gasteiger partial charge in [-0.3, -0.25) is 9.59 Å². The SMILES string of the molecule is CCCOc1ccc(C(=O)N/N=C/c2cc(Cl)c(OCC(=O)Nc3cccc(C)c3)c(OC)c2)cc1OCC. The number of carbonyl (C=O) groups excluding carboxylic acids is 2. The minimum atomic E-state index is -0.424. The summed E-state index contributed by atoms with van der Waals surface area (Å²) in [5.74, 6) is 0.824. The van der Waals surface area contributed by atoms with Gasteiger partial charge in [-0.25, -0.2) is 5.43 Å². The molecule has 39 heavy (non-hydrogen) atoms. The first-order valence-corrected chi connectivity index (χ1v) is 12.8. The molecular formula is C29H32ClN3O6. The number of methoxy groups -OCH3 is 1. The van der Waals surface area contributed by atoms with Crippen LogP contribution in [0.3, 0.4) is 0 Å². The van der Waals surface area contributed by atoms with Crippen LogP contribution in [0.2, 0.25) is 5.02 Å². The summed E-state index contributed by atoms with van der Waals surface area (Å²) in [6.45, 7) is 6.52. The molecule has 9 nitrogen and oxygen atoms in total. The van der Waals surface area contributed by atoms with Gasteiger partial charge in [-0.1, -0.05) is 30.7 Å². The van der Waals surface area contributed by atoms with E-state index in [4.69, 9.17) is 30.5 Å². The van der Waals surface area contributed by atoms with Crippen LogP contribution < -0.4 is 29.7 Å². The van der Waals surface area contributed by atoms with Crippen LogP contribution in [0.15, 0.2) is 59.7 Å². The molecule has 0 saturated carbocycles. The molecule has 0 unspecified atom stereocenters. The Morgan fingerprint density at radius 2 is 1.79 bits per heavy atom. The molecule has 0 atom stereocenters. The van der Waals surface area contributed by atoms with Crippen molar-refractivity contribution >= 4 is 35.3 Å². The lowest BCUT2D eigenvalue weighted by atomic mass is 10.2. The van der Waals surface area contributed by atoms with E-state index in [9.17, 15) is 9.59 Å². The van der Waals surface area contributed by atoms with E-state index in [1.807, 2.05) is 39.0 Å². The van der Waals surface area contributed by atoms with Gasteiger partial charge in [0.2, 0.25) is 0 Å². The summed E-state index contributed by atoms with van der Waals surface area (Å²) in [4.78, 5) is 25.0. The number of nitrogens with one attached hydrogen (secondary N) is 2. The molecular weight excluding hydrogens is 522 g/mol. The third-order valence-corrected chi connectivity index (χ3v) is 5.53. The van der Waals surface area contributed by atoms with Gasteiger partial charge in [0.05, 0.1) is 31.6 Å². The number of anilines is 1. The Labute approximate surface area is 233 Å². The van der Waals surface area contributed by atoms with Gasteiger partial charge in [-0.15, -0.1) is 0 Å². The second-order valence-electron chi connectivity index (χ2n) is 8.38. The summed E-state index contributed by atoms with van der Waals surface area (Å²) < 4.78 is 22.3. The van der Waals surface area contributed by atoms with E-state index in [0.29, 0.717) is 47.3 Å². The summed E-state index contributed by atoms with van der Waals surface area (Å²) in [6, 6.07) is 15.6. The first-order valence-electron chi connectivity index (χ1n) is 12.4. The number of amides is 2. The molecule has 0 bridgehead atoms. The number of benzene rings is 3. The van der Waals surface area contributed by atoms with Crippen LogP contribution in [0, 0.1) is 6.92 Å². The number of carbonyl (C=O) groups is 2. The Morgan fingerprint density at radius 3 is 2.51 bits per heavy atom. The average molecular weight is 554 g/mol. The number of ether oxygens (including phenoxy) is 4. The maximum atomic E-state index is 12.6. The zero-order valence-electron chi connectivity index (χ0n) is 22.4. The predicted octanol–water partition coefficient (Wildman–Crippen LogP) is 5.63. The fourth-order valence-corrected chi connectivity index (χ4v) is 3.76. The number of nitrogens with zero attached hydrogens (tertiary/aromatic N) is 1. The van der Waals surface area contributed by atoms with Gasteiger partial charge in [0, 0.05) is 11.3 Å². The Hall–Kier alpha value is -4.24. The molecule has 0 saturated heterocycles. The van der Waals surface area contributed by atoms with Gasteiger partial charge in [0.1, 0.15) is 0 Å². The van der Waals surface area contributed by atoms with Crippen molar-refractivity contribution in [3.63, 3.8) is 0 Å². The highest BCUT2D eigenvalue weighted by Crippen LogP contribution is 2.36. The normalized spacial score (nSPS) is 10.7. The van der Waals surface area contributed by atoms with E-state index < -0.39 is 5.91 Å². The number of halogens is 1. The van der Waals surface area contributed by atoms with Crippen molar-refractivity contribution in [2.45, 2.75) is 27.2 Å². The molecule has 0 heterocycles. The van der Waals surface area contributed by atoms with Gasteiger partial charge >= 0.3 is 0 Å². The van der Waals surface area contributed by atoms with Crippen LogP contribution in [0.4, 0.5) is 5.69 Å². The molecule has 3 rings (SSSR count). The number of aryl methyl sites for hydroxylation is 1. The minimum Gasteiger partial charge on any atom is -0.493 e. The molecule has 10 heteroatoms. The van der Waals surface area contributed by atoms with Crippen LogP contribution in [0.1, 0.15) is 41.8 Å². The highest BCUT2D eigenvalue weighted by atomic mass is 35.5. The van der Waals surface area contributed by atoms with Crippen LogP contribution in [-0.2, 0) is 4.79 Å². The largest absolute Gasteiger partial charge is 0.493 e.